The highest BCUT2D eigenvalue weighted by Crippen LogP contribution is 2.27. The van der Waals surface area contributed by atoms with Crippen molar-refractivity contribution >= 4 is 33.2 Å². The number of carbonyl (C=O) groups excluding carboxylic acids is 2. The molecule has 3 aromatic carbocycles. The van der Waals surface area contributed by atoms with Crippen molar-refractivity contribution in [3.05, 3.63) is 84.4 Å². The van der Waals surface area contributed by atoms with Crippen LogP contribution < -0.4 is 19.7 Å². The van der Waals surface area contributed by atoms with Crippen LogP contribution in [-0.2, 0) is 14.8 Å². The summed E-state index contributed by atoms with van der Waals surface area (Å²) in [5.41, 5.74) is 0.888. The Kier molecular flexibility index (Phi) is 8.14. The van der Waals surface area contributed by atoms with Gasteiger partial charge >= 0.3 is 0 Å². The number of hydrogen-bond donors (Lipinski definition) is 2. The van der Waals surface area contributed by atoms with Gasteiger partial charge in [0.25, 0.3) is 5.91 Å². The van der Waals surface area contributed by atoms with Gasteiger partial charge in [0.1, 0.15) is 17.5 Å². The van der Waals surface area contributed by atoms with Crippen molar-refractivity contribution in [1.29, 1.82) is 0 Å². The van der Waals surface area contributed by atoms with Crippen LogP contribution in [0.3, 0.4) is 0 Å². The fourth-order valence-electron chi connectivity index (χ4n) is 3.46. The van der Waals surface area contributed by atoms with E-state index in [9.17, 15) is 18.0 Å². The van der Waals surface area contributed by atoms with Crippen molar-refractivity contribution in [1.82, 2.24) is 5.32 Å². The number of ether oxygens (including phenoxy) is 1. The van der Waals surface area contributed by atoms with Gasteiger partial charge in [-0.15, -0.1) is 0 Å². The van der Waals surface area contributed by atoms with Crippen LogP contribution in [0.25, 0.3) is 0 Å². The monoisotopic (exact) mass is 495 g/mol. The first-order valence-corrected chi connectivity index (χ1v) is 12.9. The Balaban J connectivity index is 1.82. The lowest BCUT2D eigenvalue weighted by molar-refractivity contribution is -0.116. The molecule has 0 saturated heterocycles. The van der Waals surface area contributed by atoms with Crippen LogP contribution in [0.5, 0.6) is 11.5 Å². The maximum atomic E-state index is 13.1. The van der Waals surface area contributed by atoms with Crippen LogP contribution in [0.1, 0.15) is 31.1 Å². The summed E-state index contributed by atoms with van der Waals surface area (Å²) >= 11 is 0. The fraction of sp³-hybridized carbons (Fsp3) is 0.231. The molecule has 0 aliphatic heterocycles. The molecule has 0 spiro atoms. The fourth-order valence-corrected chi connectivity index (χ4v) is 4.64. The van der Waals surface area contributed by atoms with Gasteiger partial charge in [-0.25, -0.2) is 8.42 Å². The summed E-state index contributed by atoms with van der Waals surface area (Å²) in [7, 11) is -3.82. The molecule has 35 heavy (non-hydrogen) atoms. The Labute approximate surface area is 206 Å². The molecule has 0 fully saturated rings. The molecule has 0 unspecified atom stereocenters. The first-order chi connectivity index (χ1) is 16.6. The molecule has 1 atom stereocenters. The number of hydrogen-bond acceptors (Lipinski definition) is 5. The van der Waals surface area contributed by atoms with Crippen LogP contribution in [0.2, 0.25) is 0 Å². The van der Waals surface area contributed by atoms with Crippen LogP contribution in [0, 0.1) is 0 Å². The molecule has 0 heterocycles. The second-order valence-electron chi connectivity index (χ2n) is 8.31. The highest BCUT2D eigenvalue weighted by atomic mass is 32.2. The van der Waals surface area contributed by atoms with E-state index < -0.39 is 22.0 Å². The predicted octanol–water partition coefficient (Wildman–Crippen LogP) is 4.41. The van der Waals surface area contributed by atoms with Crippen molar-refractivity contribution < 1.29 is 22.7 Å². The molecule has 3 rings (SSSR count). The van der Waals surface area contributed by atoms with E-state index in [1.165, 1.54) is 6.92 Å². The molecule has 0 saturated carbocycles. The highest BCUT2D eigenvalue weighted by Gasteiger charge is 2.30. The van der Waals surface area contributed by atoms with E-state index in [2.05, 4.69) is 10.6 Å². The minimum Gasteiger partial charge on any atom is -0.457 e. The van der Waals surface area contributed by atoms with E-state index in [0.29, 0.717) is 22.9 Å². The zero-order chi connectivity index (χ0) is 25.6. The van der Waals surface area contributed by atoms with Gasteiger partial charge < -0.3 is 15.4 Å². The second kappa shape index (κ2) is 11.1. The molecule has 0 radical (unpaired) electrons. The summed E-state index contributed by atoms with van der Waals surface area (Å²) in [5, 5.41) is 5.49. The Hall–Kier alpha value is -3.85. The minimum absolute atomic E-state index is 0.0836. The molecule has 2 amide bonds. The number of benzene rings is 3. The van der Waals surface area contributed by atoms with Gasteiger partial charge in [0.05, 0.1) is 23.2 Å². The van der Waals surface area contributed by atoms with Gasteiger partial charge in [-0.1, -0.05) is 30.3 Å². The molecule has 0 aromatic heterocycles. The Morgan fingerprint density at radius 2 is 1.40 bits per heavy atom. The number of sulfonamides is 1. The third kappa shape index (κ3) is 6.83. The number of nitrogens with one attached hydrogen (secondary N) is 2. The highest BCUT2D eigenvalue weighted by molar-refractivity contribution is 7.92. The van der Waals surface area contributed by atoms with Crippen molar-refractivity contribution in [2.24, 2.45) is 0 Å². The van der Waals surface area contributed by atoms with Gasteiger partial charge in [0.15, 0.2) is 0 Å². The zero-order valence-corrected chi connectivity index (χ0v) is 20.9. The first kappa shape index (κ1) is 25.8. The van der Waals surface area contributed by atoms with Crippen molar-refractivity contribution in [2.75, 3.05) is 15.9 Å². The van der Waals surface area contributed by atoms with Gasteiger partial charge in [0, 0.05) is 6.04 Å². The molecule has 0 aliphatic rings. The molecule has 184 valence electrons. The standard InChI is InChI=1S/C26H29N3O5S/c1-18(2)27-26(31)23-12-8-9-13-24(23)28-25(30)19(3)29(35(4,32)33)20-14-16-22(17-15-20)34-21-10-6-5-7-11-21/h5-19H,1-4H3,(H,27,31)(H,28,30)/t19-/m1/s1. The minimum atomic E-state index is -3.82. The first-order valence-electron chi connectivity index (χ1n) is 11.1. The molecule has 9 heteroatoms. The van der Waals surface area contributed by atoms with Crippen LogP contribution >= 0.6 is 0 Å². The lowest BCUT2D eigenvalue weighted by Gasteiger charge is -2.28. The average Bonchev–Trinajstić information content (AvgIpc) is 2.80. The molecule has 2 N–H and O–H groups in total. The molecule has 3 aromatic rings. The van der Waals surface area contributed by atoms with E-state index in [4.69, 9.17) is 4.74 Å². The quantitative estimate of drug-likeness (QED) is 0.458. The van der Waals surface area contributed by atoms with Gasteiger partial charge in [-0.3, -0.25) is 13.9 Å². The molecular formula is C26H29N3O5S. The largest absolute Gasteiger partial charge is 0.457 e. The third-order valence-corrected chi connectivity index (χ3v) is 6.25. The van der Waals surface area contributed by atoms with Crippen molar-refractivity contribution in [3.8, 4) is 11.5 Å². The maximum Gasteiger partial charge on any atom is 0.253 e. The van der Waals surface area contributed by atoms with Gasteiger partial charge in [-0.2, -0.15) is 0 Å². The molecule has 8 nitrogen and oxygen atoms in total. The number of para-hydroxylation sites is 2. The van der Waals surface area contributed by atoms with E-state index in [1.54, 1.807) is 48.5 Å². The normalized spacial score (nSPS) is 12.0. The summed E-state index contributed by atoms with van der Waals surface area (Å²) < 4.78 is 32.1. The van der Waals surface area contributed by atoms with E-state index in [-0.39, 0.29) is 17.5 Å². The molecule has 0 bridgehead atoms. The Morgan fingerprint density at radius 3 is 2.00 bits per heavy atom. The summed E-state index contributed by atoms with van der Waals surface area (Å²) in [6, 6.07) is 21.0. The van der Waals surface area contributed by atoms with Gasteiger partial charge in [-0.05, 0) is 69.3 Å². The lowest BCUT2D eigenvalue weighted by Crippen LogP contribution is -2.45. The summed E-state index contributed by atoms with van der Waals surface area (Å²) in [6.45, 7) is 5.16. The van der Waals surface area contributed by atoms with Gasteiger partial charge in [0.2, 0.25) is 15.9 Å². The van der Waals surface area contributed by atoms with Crippen molar-refractivity contribution in [2.45, 2.75) is 32.9 Å². The predicted molar refractivity (Wildman–Crippen MR) is 137 cm³/mol. The number of nitrogens with zero attached hydrogens (tertiary/aromatic N) is 1. The molecule has 0 aliphatic carbocycles. The SMILES string of the molecule is CC(C)NC(=O)c1ccccc1NC(=O)[C@@H](C)N(c1ccc(Oc2ccccc2)cc1)S(C)(=O)=O. The lowest BCUT2D eigenvalue weighted by atomic mass is 10.1. The molecular weight excluding hydrogens is 466 g/mol. The summed E-state index contributed by atoms with van der Waals surface area (Å²) in [4.78, 5) is 25.6. The Bertz CT molecular complexity index is 1280. The van der Waals surface area contributed by atoms with Crippen LogP contribution in [-0.4, -0.2) is 38.6 Å². The average molecular weight is 496 g/mol. The summed E-state index contributed by atoms with van der Waals surface area (Å²) in [5.74, 6) is 0.256. The third-order valence-electron chi connectivity index (χ3n) is 5.01. The number of carbonyl (C=O) groups is 2. The van der Waals surface area contributed by atoms with E-state index in [0.717, 1.165) is 10.6 Å². The smallest absolute Gasteiger partial charge is 0.253 e. The van der Waals surface area contributed by atoms with E-state index in [1.807, 2.05) is 44.2 Å². The maximum absolute atomic E-state index is 13.1. The summed E-state index contributed by atoms with van der Waals surface area (Å²) in [6.07, 6.45) is 1.04. The van der Waals surface area contributed by atoms with Crippen molar-refractivity contribution in [3.63, 3.8) is 0 Å². The topological polar surface area (TPSA) is 105 Å². The number of amides is 2. The second-order valence-corrected chi connectivity index (χ2v) is 10.2. The van der Waals surface area contributed by atoms with Crippen LogP contribution in [0.15, 0.2) is 78.9 Å². The van der Waals surface area contributed by atoms with E-state index >= 15 is 0 Å². The number of rotatable bonds is 9. The van der Waals surface area contributed by atoms with Crippen LogP contribution in [0.4, 0.5) is 11.4 Å². The number of anilines is 2. The Morgan fingerprint density at radius 1 is 0.829 bits per heavy atom. The zero-order valence-electron chi connectivity index (χ0n) is 20.1.